The number of rotatable bonds is 4. The Labute approximate surface area is 160 Å². The highest BCUT2D eigenvalue weighted by Crippen LogP contribution is 2.60. The molecule has 146 valence electrons. The molecule has 4 fully saturated rings. The molecule has 1 amide bonds. The topological polar surface area (TPSA) is 75.6 Å². The lowest BCUT2D eigenvalue weighted by atomic mass is 9.48. The van der Waals surface area contributed by atoms with Crippen LogP contribution in [0.3, 0.4) is 0 Å². The number of ether oxygens (including phenoxy) is 1. The van der Waals surface area contributed by atoms with Crippen LogP contribution >= 0.6 is 0 Å². The lowest BCUT2D eigenvalue weighted by molar-refractivity contribution is -0.171. The van der Waals surface area contributed by atoms with E-state index in [-0.39, 0.29) is 29.1 Å². The number of hydrogen-bond donors (Lipinski definition) is 2. The minimum Gasteiger partial charge on any atom is -0.508 e. The van der Waals surface area contributed by atoms with Gasteiger partial charge in [-0.1, -0.05) is 12.1 Å². The Kier molecular flexibility index (Phi) is 4.24. The largest absolute Gasteiger partial charge is 0.508 e. The third kappa shape index (κ3) is 2.91. The van der Waals surface area contributed by atoms with Crippen molar-refractivity contribution in [3.8, 4) is 5.75 Å². The fraction of sp³-hybridized carbons (Fsp3) is 0.636. The van der Waals surface area contributed by atoms with E-state index in [1.54, 1.807) is 24.3 Å². The van der Waals surface area contributed by atoms with Gasteiger partial charge < -0.3 is 15.2 Å². The highest BCUT2D eigenvalue weighted by Gasteiger charge is 2.59. The third-order valence-electron chi connectivity index (χ3n) is 7.35. The maximum atomic E-state index is 13.1. The molecule has 0 radical (unpaired) electrons. The Morgan fingerprint density at radius 2 is 1.70 bits per heavy atom. The predicted molar refractivity (Wildman–Crippen MR) is 101 cm³/mol. The van der Waals surface area contributed by atoms with Crippen molar-refractivity contribution in [2.75, 3.05) is 7.11 Å². The van der Waals surface area contributed by atoms with Crippen molar-refractivity contribution in [3.63, 3.8) is 0 Å². The molecule has 2 N–H and O–H groups in total. The quantitative estimate of drug-likeness (QED) is 0.797. The first kappa shape index (κ1) is 18.3. The Morgan fingerprint density at radius 3 is 2.26 bits per heavy atom. The number of phenolic OH excluding ortho intramolecular Hbond substituents is 1. The van der Waals surface area contributed by atoms with E-state index in [2.05, 4.69) is 5.32 Å². The maximum absolute atomic E-state index is 13.1. The first-order valence-corrected chi connectivity index (χ1v) is 9.94. The average molecular weight is 371 g/mol. The van der Waals surface area contributed by atoms with Gasteiger partial charge in [-0.15, -0.1) is 0 Å². The highest BCUT2D eigenvalue weighted by atomic mass is 16.5. The van der Waals surface area contributed by atoms with Gasteiger partial charge >= 0.3 is 5.97 Å². The molecule has 0 aliphatic heterocycles. The molecule has 0 saturated heterocycles. The summed E-state index contributed by atoms with van der Waals surface area (Å²) >= 11 is 0. The number of carbonyl (C=O) groups is 2. The maximum Gasteiger partial charge on any atom is 0.311 e. The normalized spacial score (nSPS) is 34.3. The molecule has 4 bridgehead atoms. The van der Waals surface area contributed by atoms with E-state index in [9.17, 15) is 14.7 Å². The summed E-state index contributed by atoms with van der Waals surface area (Å²) in [6.45, 7) is 3.83. The fourth-order valence-electron chi connectivity index (χ4n) is 6.07. The van der Waals surface area contributed by atoms with Crippen LogP contribution in [0, 0.1) is 23.2 Å². The molecule has 2 atom stereocenters. The molecule has 27 heavy (non-hydrogen) atoms. The lowest BCUT2D eigenvalue weighted by Crippen LogP contribution is -2.62. The van der Waals surface area contributed by atoms with Crippen molar-refractivity contribution in [2.45, 2.75) is 57.4 Å². The van der Waals surface area contributed by atoms with Crippen LogP contribution in [0.4, 0.5) is 0 Å². The molecule has 5 heteroatoms. The van der Waals surface area contributed by atoms with Gasteiger partial charge in [-0.3, -0.25) is 9.59 Å². The molecular weight excluding hydrogens is 342 g/mol. The Bertz CT molecular complexity index is 738. The molecule has 1 aromatic carbocycles. The Balaban J connectivity index is 1.51. The summed E-state index contributed by atoms with van der Waals surface area (Å²) < 4.78 is 5.13. The van der Waals surface area contributed by atoms with Gasteiger partial charge in [-0.25, -0.2) is 0 Å². The van der Waals surface area contributed by atoms with Crippen LogP contribution < -0.4 is 5.32 Å². The molecule has 4 aliphatic carbocycles. The van der Waals surface area contributed by atoms with E-state index in [0.29, 0.717) is 17.8 Å². The number of nitrogens with one attached hydrogen (secondary N) is 1. The van der Waals surface area contributed by atoms with Crippen LogP contribution in [-0.4, -0.2) is 30.1 Å². The van der Waals surface area contributed by atoms with Crippen molar-refractivity contribution in [3.05, 3.63) is 29.8 Å². The average Bonchev–Trinajstić information content (AvgIpc) is 2.63. The fourth-order valence-corrected chi connectivity index (χ4v) is 6.07. The smallest absolute Gasteiger partial charge is 0.311 e. The zero-order chi connectivity index (χ0) is 19.4. The second kappa shape index (κ2) is 6.25. The van der Waals surface area contributed by atoms with E-state index >= 15 is 0 Å². The van der Waals surface area contributed by atoms with Gasteiger partial charge in [0.25, 0.3) is 0 Å². The van der Waals surface area contributed by atoms with Crippen molar-refractivity contribution in [2.24, 2.45) is 23.2 Å². The molecule has 2 unspecified atom stereocenters. The van der Waals surface area contributed by atoms with Crippen molar-refractivity contribution in [1.29, 1.82) is 0 Å². The summed E-state index contributed by atoms with van der Waals surface area (Å²) in [5.74, 6) is 1.45. The number of hydrogen-bond acceptors (Lipinski definition) is 4. The van der Waals surface area contributed by atoms with Crippen LogP contribution in [0.25, 0.3) is 0 Å². The van der Waals surface area contributed by atoms with E-state index < -0.39 is 5.41 Å². The summed E-state index contributed by atoms with van der Waals surface area (Å²) in [6, 6.07) is 6.99. The number of phenols is 1. The van der Waals surface area contributed by atoms with Gasteiger partial charge in [0.15, 0.2) is 0 Å². The number of benzene rings is 1. The zero-order valence-corrected chi connectivity index (χ0v) is 16.3. The van der Waals surface area contributed by atoms with Gasteiger partial charge in [0, 0.05) is 6.04 Å². The Morgan fingerprint density at radius 1 is 1.11 bits per heavy atom. The molecule has 0 heterocycles. The summed E-state index contributed by atoms with van der Waals surface area (Å²) in [6.07, 6.45) is 4.81. The molecular formula is C22H29NO4. The van der Waals surface area contributed by atoms with Gasteiger partial charge in [0.05, 0.1) is 17.9 Å². The molecule has 4 saturated carbocycles. The number of aromatic hydroxyl groups is 1. The minimum atomic E-state index is -0.678. The summed E-state index contributed by atoms with van der Waals surface area (Å²) in [7, 11) is 1.49. The standard InChI is InChI=1S/C22H29NO4/c1-21(2,16-4-6-17(24)7-5-16)19(25)23-18-14-8-13-9-15(18)12-22(10-13,11-14)20(26)27-3/h4-7,13-15,18,24H,8-12H2,1-3H3,(H,23,25). The minimum absolute atomic E-state index is 0.0118. The molecule has 4 aliphatic rings. The SMILES string of the molecule is COC(=O)C12CC3CC(C1)C(NC(=O)C(C)(C)c1ccc(O)cc1)C(C3)C2. The van der Waals surface area contributed by atoms with Crippen molar-refractivity contribution < 1.29 is 19.4 Å². The van der Waals surface area contributed by atoms with Gasteiger partial charge in [0.2, 0.25) is 5.91 Å². The molecule has 0 spiro atoms. The number of esters is 1. The van der Waals surface area contributed by atoms with Crippen LogP contribution in [-0.2, 0) is 19.7 Å². The van der Waals surface area contributed by atoms with Crippen LogP contribution in [0.15, 0.2) is 24.3 Å². The van der Waals surface area contributed by atoms with E-state index in [1.807, 2.05) is 13.8 Å². The molecule has 5 nitrogen and oxygen atoms in total. The molecule has 1 aromatic rings. The van der Waals surface area contributed by atoms with Gasteiger partial charge in [-0.05, 0) is 81.4 Å². The number of amides is 1. The summed E-state index contributed by atoms with van der Waals surface area (Å²) in [4.78, 5) is 25.6. The van der Waals surface area contributed by atoms with E-state index in [1.165, 1.54) is 7.11 Å². The van der Waals surface area contributed by atoms with Crippen LogP contribution in [0.5, 0.6) is 5.75 Å². The predicted octanol–water partition coefficient (Wildman–Crippen LogP) is 3.15. The highest BCUT2D eigenvalue weighted by molar-refractivity contribution is 5.87. The monoisotopic (exact) mass is 371 g/mol. The first-order chi connectivity index (χ1) is 12.7. The summed E-state index contributed by atoms with van der Waals surface area (Å²) in [5.41, 5.74) is -0.117. The summed E-state index contributed by atoms with van der Waals surface area (Å²) in [5, 5.41) is 12.8. The number of carbonyl (C=O) groups excluding carboxylic acids is 2. The lowest BCUT2D eigenvalue weighted by Gasteiger charge is -2.58. The second-order valence-electron chi connectivity index (χ2n) is 9.41. The van der Waals surface area contributed by atoms with Crippen LogP contribution in [0.2, 0.25) is 0 Å². The second-order valence-corrected chi connectivity index (χ2v) is 9.41. The first-order valence-electron chi connectivity index (χ1n) is 9.94. The molecule has 5 rings (SSSR count). The van der Waals surface area contributed by atoms with Gasteiger partial charge in [-0.2, -0.15) is 0 Å². The van der Waals surface area contributed by atoms with Crippen molar-refractivity contribution >= 4 is 11.9 Å². The van der Waals surface area contributed by atoms with Gasteiger partial charge in [0.1, 0.15) is 5.75 Å². The Hall–Kier alpha value is -2.04. The van der Waals surface area contributed by atoms with E-state index in [4.69, 9.17) is 4.74 Å². The van der Waals surface area contributed by atoms with Crippen molar-refractivity contribution in [1.82, 2.24) is 5.32 Å². The van der Waals surface area contributed by atoms with Crippen LogP contribution in [0.1, 0.15) is 51.5 Å². The molecule has 0 aromatic heterocycles. The zero-order valence-electron chi connectivity index (χ0n) is 16.3. The third-order valence-corrected chi connectivity index (χ3v) is 7.35. The number of methoxy groups -OCH3 is 1. The van der Waals surface area contributed by atoms with E-state index in [0.717, 1.165) is 37.7 Å².